The molecule has 2 heterocycles. The van der Waals surface area contributed by atoms with Crippen molar-refractivity contribution in [2.45, 2.75) is 39.7 Å². The summed E-state index contributed by atoms with van der Waals surface area (Å²) in [5.74, 6) is 0.586. The highest BCUT2D eigenvalue weighted by Gasteiger charge is 2.20. The van der Waals surface area contributed by atoms with E-state index >= 15 is 0 Å². The molecule has 1 aliphatic carbocycles. The lowest BCUT2D eigenvalue weighted by Gasteiger charge is -2.08. The number of hydrogen-bond acceptors (Lipinski definition) is 5. The first-order chi connectivity index (χ1) is 11.6. The van der Waals surface area contributed by atoms with Crippen LogP contribution < -0.4 is 10.9 Å². The molecule has 7 heteroatoms. The minimum Gasteiger partial charge on any atom is -0.381 e. The van der Waals surface area contributed by atoms with Crippen LogP contribution in [0.4, 0.5) is 0 Å². The van der Waals surface area contributed by atoms with Crippen molar-refractivity contribution in [3.05, 3.63) is 27.1 Å². The molecule has 0 aromatic carbocycles. The lowest BCUT2D eigenvalue weighted by molar-refractivity contribution is -0.121. The molecule has 0 saturated heterocycles. The molecule has 0 bridgehead atoms. The molecule has 0 aliphatic heterocycles. The minimum atomic E-state index is -0.176. The van der Waals surface area contributed by atoms with Gasteiger partial charge in [0.15, 0.2) is 0 Å². The molecule has 0 spiro atoms. The first-order valence-electron chi connectivity index (χ1n) is 8.36. The van der Waals surface area contributed by atoms with Crippen LogP contribution in [-0.2, 0) is 16.1 Å². The minimum absolute atomic E-state index is 0.000954. The van der Waals surface area contributed by atoms with Crippen molar-refractivity contribution in [2.75, 3.05) is 19.8 Å². The standard InChI is InChI=1S/C17H23N3O3S/c1-11-12(2)24-16-15(11)17(22)20(10-19-16)8-14(21)18-6-3-7-23-9-13-4-5-13/h10,13H,3-9H2,1-2H3,(H,18,21). The summed E-state index contributed by atoms with van der Waals surface area (Å²) in [4.78, 5) is 30.6. The van der Waals surface area contributed by atoms with E-state index in [2.05, 4.69) is 10.3 Å². The van der Waals surface area contributed by atoms with E-state index in [1.165, 1.54) is 35.1 Å². The van der Waals surface area contributed by atoms with Gasteiger partial charge in [-0.15, -0.1) is 11.3 Å². The molecule has 2 aromatic rings. The molecular weight excluding hydrogens is 326 g/mol. The Bertz CT molecular complexity index is 792. The number of amides is 1. The van der Waals surface area contributed by atoms with Crippen LogP contribution in [-0.4, -0.2) is 35.2 Å². The Morgan fingerprint density at radius 3 is 3.00 bits per heavy atom. The topological polar surface area (TPSA) is 73.2 Å². The Morgan fingerprint density at radius 2 is 2.25 bits per heavy atom. The summed E-state index contributed by atoms with van der Waals surface area (Å²) in [5.41, 5.74) is 0.805. The third-order valence-corrected chi connectivity index (χ3v) is 5.42. The predicted molar refractivity (Wildman–Crippen MR) is 94.5 cm³/mol. The molecule has 130 valence electrons. The zero-order valence-electron chi connectivity index (χ0n) is 14.1. The Morgan fingerprint density at radius 1 is 1.46 bits per heavy atom. The zero-order valence-corrected chi connectivity index (χ0v) is 14.9. The number of hydrogen-bond donors (Lipinski definition) is 1. The molecule has 6 nitrogen and oxygen atoms in total. The SMILES string of the molecule is Cc1sc2ncn(CC(=O)NCCCOCC3CC3)c(=O)c2c1C. The van der Waals surface area contributed by atoms with E-state index in [0.717, 1.165) is 34.2 Å². The lowest BCUT2D eigenvalue weighted by atomic mass is 10.2. The largest absolute Gasteiger partial charge is 0.381 e. The normalized spacial score (nSPS) is 14.2. The van der Waals surface area contributed by atoms with E-state index < -0.39 is 0 Å². The van der Waals surface area contributed by atoms with Gasteiger partial charge in [-0.2, -0.15) is 0 Å². The first-order valence-corrected chi connectivity index (χ1v) is 9.17. The number of rotatable bonds is 8. The van der Waals surface area contributed by atoms with Crippen LogP contribution in [0.2, 0.25) is 0 Å². The van der Waals surface area contributed by atoms with E-state index in [1.54, 1.807) is 0 Å². The van der Waals surface area contributed by atoms with Crippen molar-refractivity contribution < 1.29 is 9.53 Å². The fourth-order valence-electron chi connectivity index (χ4n) is 2.53. The van der Waals surface area contributed by atoms with E-state index in [4.69, 9.17) is 4.74 Å². The molecule has 3 rings (SSSR count). The van der Waals surface area contributed by atoms with Crippen LogP contribution in [0.3, 0.4) is 0 Å². The molecule has 24 heavy (non-hydrogen) atoms. The summed E-state index contributed by atoms with van der Waals surface area (Å²) in [6.45, 7) is 5.96. The fraction of sp³-hybridized carbons (Fsp3) is 0.588. The average molecular weight is 349 g/mol. The van der Waals surface area contributed by atoms with Gasteiger partial charge in [-0.1, -0.05) is 0 Å². The van der Waals surface area contributed by atoms with Crippen molar-refractivity contribution in [3.8, 4) is 0 Å². The number of nitrogens with zero attached hydrogens (tertiary/aromatic N) is 2. The van der Waals surface area contributed by atoms with Crippen LogP contribution in [0, 0.1) is 19.8 Å². The van der Waals surface area contributed by atoms with Crippen LogP contribution >= 0.6 is 11.3 Å². The summed E-state index contributed by atoms with van der Waals surface area (Å²) >= 11 is 1.51. The van der Waals surface area contributed by atoms with Crippen molar-refractivity contribution in [3.63, 3.8) is 0 Å². The van der Waals surface area contributed by atoms with Gasteiger partial charge in [0.05, 0.1) is 11.7 Å². The smallest absolute Gasteiger partial charge is 0.262 e. The van der Waals surface area contributed by atoms with Crippen molar-refractivity contribution >= 4 is 27.5 Å². The number of fused-ring (bicyclic) bond motifs is 1. The molecule has 0 unspecified atom stereocenters. The third kappa shape index (κ3) is 4.02. The second kappa shape index (κ2) is 7.44. The number of nitrogens with one attached hydrogen (secondary N) is 1. The molecule has 1 saturated carbocycles. The number of thiophene rings is 1. The van der Waals surface area contributed by atoms with E-state index in [-0.39, 0.29) is 18.0 Å². The Labute approximate surface area is 144 Å². The van der Waals surface area contributed by atoms with Gasteiger partial charge < -0.3 is 10.1 Å². The predicted octanol–water partition coefficient (Wildman–Crippen LogP) is 2.01. The van der Waals surface area contributed by atoms with Crippen molar-refractivity contribution in [1.29, 1.82) is 0 Å². The second-order valence-electron chi connectivity index (χ2n) is 6.36. The monoisotopic (exact) mass is 349 g/mol. The Kier molecular flexibility index (Phi) is 5.30. The maximum absolute atomic E-state index is 12.5. The highest BCUT2D eigenvalue weighted by atomic mass is 32.1. The number of ether oxygens (including phenoxy) is 1. The highest BCUT2D eigenvalue weighted by molar-refractivity contribution is 7.18. The molecule has 0 atom stereocenters. The van der Waals surface area contributed by atoms with Crippen molar-refractivity contribution in [1.82, 2.24) is 14.9 Å². The zero-order chi connectivity index (χ0) is 17.1. The highest BCUT2D eigenvalue weighted by Crippen LogP contribution is 2.28. The summed E-state index contributed by atoms with van der Waals surface area (Å²) in [5, 5.41) is 3.45. The molecule has 1 amide bonds. The van der Waals surface area contributed by atoms with Gasteiger partial charge in [0.1, 0.15) is 11.4 Å². The van der Waals surface area contributed by atoms with Gasteiger partial charge in [-0.05, 0) is 44.6 Å². The number of aromatic nitrogens is 2. The lowest BCUT2D eigenvalue weighted by Crippen LogP contribution is -2.33. The van der Waals surface area contributed by atoms with E-state index in [1.807, 2.05) is 13.8 Å². The molecule has 1 fully saturated rings. The van der Waals surface area contributed by atoms with Gasteiger partial charge in [-0.25, -0.2) is 4.98 Å². The van der Waals surface area contributed by atoms with Crippen LogP contribution in [0.25, 0.3) is 10.2 Å². The van der Waals surface area contributed by atoms with Crippen LogP contribution in [0.1, 0.15) is 29.7 Å². The third-order valence-electron chi connectivity index (χ3n) is 4.31. The average Bonchev–Trinajstić information content (AvgIpc) is 3.32. The summed E-state index contributed by atoms with van der Waals surface area (Å²) in [7, 11) is 0. The van der Waals surface area contributed by atoms with Crippen LogP contribution in [0.5, 0.6) is 0 Å². The van der Waals surface area contributed by atoms with Crippen LogP contribution in [0.15, 0.2) is 11.1 Å². The molecular formula is C17H23N3O3S. The summed E-state index contributed by atoms with van der Waals surface area (Å²) in [6.07, 6.45) is 4.81. The molecule has 0 radical (unpaired) electrons. The van der Waals surface area contributed by atoms with Gasteiger partial charge in [0.2, 0.25) is 5.91 Å². The number of carbonyl (C=O) groups is 1. The van der Waals surface area contributed by atoms with Gasteiger partial charge in [-0.3, -0.25) is 14.2 Å². The second-order valence-corrected chi connectivity index (χ2v) is 7.57. The molecule has 2 aromatic heterocycles. The fourth-order valence-corrected chi connectivity index (χ4v) is 3.52. The van der Waals surface area contributed by atoms with E-state index in [9.17, 15) is 9.59 Å². The van der Waals surface area contributed by atoms with E-state index in [0.29, 0.717) is 18.5 Å². The maximum atomic E-state index is 12.5. The van der Waals surface area contributed by atoms with Crippen molar-refractivity contribution in [2.24, 2.45) is 5.92 Å². The first kappa shape index (κ1) is 17.1. The summed E-state index contributed by atoms with van der Waals surface area (Å²) in [6, 6.07) is 0. The number of carbonyl (C=O) groups excluding carboxylic acids is 1. The summed E-state index contributed by atoms with van der Waals surface area (Å²) < 4.78 is 6.90. The Balaban J connectivity index is 1.50. The maximum Gasteiger partial charge on any atom is 0.262 e. The molecule has 1 N–H and O–H groups in total. The van der Waals surface area contributed by atoms with Gasteiger partial charge in [0, 0.05) is 24.6 Å². The number of aryl methyl sites for hydroxylation is 2. The van der Waals surface area contributed by atoms with Gasteiger partial charge in [0.25, 0.3) is 5.56 Å². The Hall–Kier alpha value is -1.73. The quantitative estimate of drug-likeness (QED) is 0.740. The van der Waals surface area contributed by atoms with Gasteiger partial charge >= 0.3 is 0 Å². The molecule has 1 aliphatic rings.